The van der Waals surface area contributed by atoms with Crippen molar-refractivity contribution in [2.24, 2.45) is 0 Å². The van der Waals surface area contributed by atoms with Crippen molar-refractivity contribution < 1.29 is 14.3 Å². The first kappa shape index (κ1) is 23.3. The van der Waals surface area contributed by atoms with Crippen LogP contribution in [0.5, 0.6) is 5.75 Å². The van der Waals surface area contributed by atoms with Crippen molar-refractivity contribution in [3.8, 4) is 5.75 Å². The average molecular weight is 433 g/mol. The van der Waals surface area contributed by atoms with E-state index in [0.717, 1.165) is 28.3 Å². The number of hydrogen-bond donors (Lipinski definition) is 1. The number of fused-ring (bicyclic) bond motifs is 1. The van der Waals surface area contributed by atoms with Crippen LogP contribution < -0.4 is 10.1 Å². The minimum absolute atomic E-state index is 0.0493. The Hall–Kier alpha value is -3.34. The van der Waals surface area contributed by atoms with Crippen molar-refractivity contribution in [1.82, 2.24) is 10.2 Å². The summed E-state index contributed by atoms with van der Waals surface area (Å²) in [4.78, 5) is 27.6. The molecule has 0 saturated carbocycles. The van der Waals surface area contributed by atoms with E-state index in [2.05, 4.69) is 5.32 Å². The molecule has 0 radical (unpaired) electrons. The van der Waals surface area contributed by atoms with Crippen molar-refractivity contribution >= 4 is 22.6 Å². The number of nitrogens with one attached hydrogen (secondary N) is 1. The standard InChI is InChI=1S/C27H32N2O3/c1-5-20(3)28-27(31)21(4)29(17-22-15-13-19(2)14-16-22)26(30)18-32-25-12-8-10-23-9-6-7-11-24(23)25/h6-16,20-21H,5,17-18H2,1-4H3,(H,28,31)/t20-,21+/m1/s1. The van der Waals surface area contributed by atoms with Gasteiger partial charge in [-0.15, -0.1) is 0 Å². The summed E-state index contributed by atoms with van der Waals surface area (Å²) >= 11 is 0. The number of carbonyl (C=O) groups is 2. The van der Waals surface area contributed by atoms with Crippen molar-refractivity contribution in [3.05, 3.63) is 77.9 Å². The van der Waals surface area contributed by atoms with E-state index in [0.29, 0.717) is 12.3 Å². The Labute approximate surface area is 190 Å². The van der Waals surface area contributed by atoms with Crippen LogP contribution in [0, 0.1) is 6.92 Å². The minimum atomic E-state index is -0.617. The Bertz CT molecular complexity index is 1060. The van der Waals surface area contributed by atoms with Gasteiger partial charge < -0.3 is 15.0 Å². The second-order valence-electron chi connectivity index (χ2n) is 8.27. The summed E-state index contributed by atoms with van der Waals surface area (Å²) < 4.78 is 5.93. The van der Waals surface area contributed by atoms with E-state index >= 15 is 0 Å². The van der Waals surface area contributed by atoms with Gasteiger partial charge in [0.1, 0.15) is 11.8 Å². The van der Waals surface area contributed by atoms with Crippen LogP contribution in [0.2, 0.25) is 0 Å². The first-order valence-corrected chi connectivity index (χ1v) is 11.1. The molecule has 32 heavy (non-hydrogen) atoms. The van der Waals surface area contributed by atoms with Crippen molar-refractivity contribution in [2.45, 2.75) is 52.7 Å². The molecule has 1 N–H and O–H groups in total. The van der Waals surface area contributed by atoms with Crippen LogP contribution in [0.15, 0.2) is 66.7 Å². The molecule has 0 aliphatic heterocycles. The number of ether oxygens (including phenoxy) is 1. The van der Waals surface area contributed by atoms with E-state index in [4.69, 9.17) is 4.74 Å². The van der Waals surface area contributed by atoms with E-state index in [1.807, 2.05) is 87.5 Å². The number of nitrogens with zero attached hydrogens (tertiary/aromatic N) is 1. The number of rotatable bonds is 9. The highest BCUT2D eigenvalue weighted by atomic mass is 16.5. The summed E-state index contributed by atoms with van der Waals surface area (Å²) in [5.74, 6) is 0.263. The number of carbonyl (C=O) groups excluding carboxylic acids is 2. The van der Waals surface area contributed by atoms with Crippen LogP contribution in [0.4, 0.5) is 0 Å². The predicted octanol–water partition coefficient (Wildman–Crippen LogP) is 4.86. The monoisotopic (exact) mass is 432 g/mol. The first-order valence-electron chi connectivity index (χ1n) is 11.1. The molecule has 0 aliphatic rings. The Morgan fingerprint density at radius 3 is 2.38 bits per heavy atom. The summed E-state index contributed by atoms with van der Waals surface area (Å²) in [5.41, 5.74) is 2.12. The molecule has 3 aromatic rings. The van der Waals surface area contributed by atoms with Crippen LogP contribution in [-0.2, 0) is 16.1 Å². The van der Waals surface area contributed by atoms with Crippen molar-refractivity contribution in [2.75, 3.05) is 6.61 Å². The topological polar surface area (TPSA) is 58.6 Å². The van der Waals surface area contributed by atoms with E-state index in [9.17, 15) is 9.59 Å². The van der Waals surface area contributed by atoms with Crippen LogP contribution in [0.1, 0.15) is 38.3 Å². The molecule has 0 spiro atoms. The average Bonchev–Trinajstić information content (AvgIpc) is 2.81. The molecule has 3 rings (SSSR count). The van der Waals surface area contributed by atoms with Crippen molar-refractivity contribution in [3.63, 3.8) is 0 Å². The van der Waals surface area contributed by atoms with Gasteiger partial charge in [-0.3, -0.25) is 9.59 Å². The van der Waals surface area contributed by atoms with Crippen LogP contribution in [0.3, 0.4) is 0 Å². The van der Waals surface area contributed by atoms with Crippen LogP contribution in [-0.4, -0.2) is 35.4 Å². The lowest BCUT2D eigenvalue weighted by atomic mass is 10.1. The lowest BCUT2D eigenvalue weighted by Gasteiger charge is -2.29. The smallest absolute Gasteiger partial charge is 0.261 e. The van der Waals surface area contributed by atoms with Crippen LogP contribution >= 0.6 is 0 Å². The van der Waals surface area contributed by atoms with Crippen LogP contribution in [0.25, 0.3) is 10.8 Å². The fraction of sp³-hybridized carbons (Fsp3) is 0.333. The summed E-state index contributed by atoms with van der Waals surface area (Å²) in [7, 11) is 0. The van der Waals surface area contributed by atoms with Gasteiger partial charge >= 0.3 is 0 Å². The molecule has 0 heterocycles. The molecule has 5 nitrogen and oxygen atoms in total. The lowest BCUT2D eigenvalue weighted by molar-refractivity contribution is -0.142. The minimum Gasteiger partial charge on any atom is -0.483 e. The molecule has 0 bridgehead atoms. The number of aryl methyl sites for hydroxylation is 1. The van der Waals surface area contributed by atoms with E-state index < -0.39 is 6.04 Å². The first-order chi connectivity index (χ1) is 15.4. The predicted molar refractivity (Wildman–Crippen MR) is 129 cm³/mol. The second-order valence-corrected chi connectivity index (χ2v) is 8.27. The largest absolute Gasteiger partial charge is 0.483 e. The molecule has 0 aliphatic carbocycles. The molecule has 5 heteroatoms. The highest BCUT2D eigenvalue weighted by molar-refractivity contribution is 5.90. The molecule has 2 amide bonds. The van der Waals surface area contributed by atoms with Gasteiger partial charge in [-0.1, -0.05) is 73.2 Å². The Kier molecular flexibility index (Phi) is 7.87. The van der Waals surface area contributed by atoms with E-state index in [1.54, 1.807) is 11.8 Å². The summed E-state index contributed by atoms with van der Waals surface area (Å²) in [6.45, 7) is 7.96. The zero-order valence-electron chi connectivity index (χ0n) is 19.3. The molecule has 0 saturated heterocycles. The van der Waals surface area contributed by atoms with E-state index in [1.165, 1.54) is 0 Å². The fourth-order valence-electron chi connectivity index (χ4n) is 3.48. The van der Waals surface area contributed by atoms with Gasteiger partial charge in [0.25, 0.3) is 5.91 Å². The lowest BCUT2D eigenvalue weighted by Crippen LogP contribution is -2.50. The highest BCUT2D eigenvalue weighted by Crippen LogP contribution is 2.25. The van der Waals surface area contributed by atoms with Gasteiger partial charge in [0.15, 0.2) is 6.61 Å². The number of benzene rings is 3. The molecule has 0 aromatic heterocycles. The maximum absolute atomic E-state index is 13.2. The van der Waals surface area contributed by atoms with Crippen molar-refractivity contribution in [1.29, 1.82) is 0 Å². The quantitative estimate of drug-likeness (QED) is 0.525. The van der Waals surface area contributed by atoms with Gasteiger partial charge in [-0.05, 0) is 44.2 Å². The van der Waals surface area contributed by atoms with Gasteiger partial charge in [-0.25, -0.2) is 0 Å². The van der Waals surface area contributed by atoms with Gasteiger partial charge in [0, 0.05) is 18.0 Å². The van der Waals surface area contributed by atoms with Gasteiger partial charge in [-0.2, -0.15) is 0 Å². The fourth-order valence-corrected chi connectivity index (χ4v) is 3.48. The molecular formula is C27H32N2O3. The Morgan fingerprint density at radius 2 is 1.66 bits per heavy atom. The third kappa shape index (κ3) is 5.88. The maximum atomic E-state index is 13.2. The third-order valence-corrected chi connectivity index (χ3v) is 5.74. The molecule has 0 unspecified atom stereocenters. The summed E-state index contributed by atoms with van der Waals surface area (Å²) in [6, 6.07) is 21.1. The van der Waals surface area contributed by atoms with Gasteiger partial charge in [0.2, 0.25) is 5.91 Å². The molecule has 0 fully saturated rings. The summed E-state index contributed by atoms with van der Waals surface area (Å²) in [5, 5.41) is 4.99. The normalized spacial score (nSPS) is 12.8. The molecule has 2 atom stereocenters. The number of amides is 2. The highest BCUT2D eigenvalue weighted by Gasteiger charge is 2.27. The summed E-state index contributed by atoms with van der Waals surface area (Å²) in [6.07, 6.45) is 0.828. The van der Waals surface area contributed by atoms with E-state index in [-0.39, 0.29) is 24.5 Å². The molecular weight excluding hydrogens is 400 g/mol. The number of hydrogen-bond acceptors (Lipinski definition) is 3. The zero-order chi connectivity index (χ0) is 23.1. The maximum Gasteiger partial charge on any atom is 0.261 e. The van der Waals surface area contributed by atoms with Gasteiger partial charge in [0.05, 0.1) is 0 Å². The zero-order valence-corrected chi connectivity index (χ0v) is 19.3. The third-order valence-electron chi connectivity index (χ3n) is 5.74. The second kappa shape index (κ2) is 10.8. The Balaban J connectivity index is 1.78. The molecule has 3 aromatic carbocycles. The Morgan fingerprint density at radius 1 is 0.969 bits per heavy atom. The SMILES string of the molecule is CC[C@@H](C)NC(=O)[C@H](C)N(Cc1ccc(C)cc1)C(=O)COc1cccc2ccccc12. The molecule has 168 valence electrons.